The van der Waals surface area contributed by atoms with Crippen LogP contribution in [-0.2, 0) is 14.8 Å². The van der Waals surface area contributed by atoms with E-state index in [9.17, 15) is 13.2 Å². The molecule has 1 atom stereocenters. The molecular formula is C25H32N2O5S. The third kappa shape index (κ3) is 5.75. The van der Waals surface area contributed by atoms with Gasteiger partial charge in [0.15, 0.2) is 0 Å². The van der Waals surface area contributed by atoms with E-state index >= 15 is 0 Å². The number of likely N-dealkylation sites (tertiary alicyclic amines) is 1. The lowest BCUT2D eigenvalue weighted by Crippen LogP contribution is -2.33. The molecule has 1 aliphatic rings. The summed E-state index contributed by atoms with van der Waals surface area (Å²) in [6.45, 7) is 0.683. The first-order valence-corrected chi connectivity index (χ1v) is 12.4. The van der Waals surface area contributed by atoms with Gasteiger partial charge in [-0.3, -0.25) is 4.79 Å². The molecule has 0 bridgehead atoms. The molecule has 3 rings (SSSR count). The minimum atomic E-state index is -3.69. The fourth-order valence-electron chi connectivity index (χ4n) is 4.00. The fraction of sp³-hybridized carbons (Fsp3) is 0.400. The number of rotatable bonds is 7. The molecule has 2 aromatic carbocycles. The van der Waals surface area contributed by atoms with Crippen LogP contribution in [0, 0.1) is 0 Å². The molecule has 0 aromatic heterocycles. The molecule has 1 aliphatic heterocycles. The maximum absolute atomic E-state index is 13.2. The molecule has 8 heteroatoms. The number of ether oxygens (including phenoxy) is 2. The van der Waals surface area contributed by atoms with Gasteiger partial charge in [-0.2, -0.15) is 0 Å². The normalized spacial score (nSPS) is 17.2. The zero-order chi connectivity index (χ0) is 24.0. The average Bonchev–Trinajstić information content (AvgIpc) is 3.08. The zero-order valence-corrected chi connectivity index (χ0v) is 20.5. The third-order valence-electron chi connectivity index (χ3n) is 5.90. The molecule has 1 amide bonds. The van der Waals surface area contributed by atoms with Crippen molar-refractivity contribution in [1.82, 2.24) is 9.21 Å². The van der Waals surface area contributed by atoms with E-state index < -0.39 is 10.0 Å². The summed E-state index contributed by atoms with van der Waals surface area (Å²) >= 11 is 0. The molecule has 0 radical (unpaired) electrons. The molecule has 0 unspecified atom stereocenters. The van der Waals surface area contributed by atoms with Gasteiger partial charge < -0.3 is 14.4 Å². The van der Waals surface area contributed by atoms with Crippen molar-refractivity contribution >= 4 is 22.0 Å². The topological polar surface area (TPSA) is 76.1 Å². The van der Waals surface area contributed by atoms with Gasteiger partial charge in [0.2, 0.25) is 15.9 Å². The van der Waals surface area contributed by atoms with E-state index in [1.165, 1.54) is 33.3 Å². The van der Waals surface area contributed by atoms with Gasteiger partial charge in [0.1, 0.15) is 16.4 Å². The first-order valence-electron chi connectivity index (χ1n) is 11.0. The number of nitrogens with zero attached hydrogens (tertiary/aromatic N) is 2. The molecule has 178 valence electrons. The summed E-state index contributed by atoms with van der Waals surface area (Å²) in [6.07, 6.45) is 7.20. The number of carbonyl (C=O) groups excluding carboxylic acids is 1. The Labute approximate surface area is 196 Å². The van der Waals surface area contributed by atoms with Crippen molar-refractivity contribution in [2.24, 2.45) is 0 Å². The summed E-state index contributed by atoms with van der Waals surface area (Å²) in [4.78, 5) is 15.2. The number of amides is 1. The van der Waals surface area contributed by atoms with Crippen LogP contribution >= 0.6 is 0 Å². The Morgan fingerprint density at radius 3 is 2.39 bits per heavy atom. The van der Waals surface area contributed by atoms with Gasteiger partial charge in [0.25, 0.3) is 0 Å². The van der Waals surface area contributed by atoms with Crippen molar-refractivity contribution in [2.45, 2.75) is 36.6 Å². The Hall–Kier alpha value is -2.84. The summed E-state index contributed by atoms with van der Waals surface area (Å²) in [7, 11) is 2.32. The van der Waals surface area contributed by atoms with E-state index in [2.05, 4.69) is 0 Å². The minimum Gasteiger partial charge on any atom is -0.497 e. The van der Waals surface area contributed by atoms with Crippen LogP contribution in [0.25, 0.3) is 6.08 Å². The Balaban J connectivity index is 1.87. The van der Waals surface area contributed by atoms with Crippen LogP contribution < -0.4 is 9.47 Å². The Bertz CT molecular complexity index is 1090. The highest BCUT2D eigenvalue weighted by molar-refractivity contribution is 7.89. The molecule has 0 aliphatic carbocycles. The predicted molar refractivity (Wildman–Crippen MR) is 129 cm³/mol. The van der Waals surface area contributed by atoms with E-state index in [0.29, 0.717) is 12.1 Å². The van der Waals surface area contributed by atoms with Crippen molar-refractivity contribution in [3.63, 3.8) is 0 Å². The van der Waals surface area contributed by atoms with Gasteiger partial charge in [0, 0.05) is 26.7 Å². The molecule has 0 N–H and O–H groups in total. The summed E-state index contributed by atoms with van der Waals surface area (Å²) < 4.78 is 37.0. The van der Waals surface area contributed by atoms with Gasteiger partial charge >= 0.3 is 0 Å². The van der Waals surface area contributed by atoms with Crippen LogP contribution in [0.2, 0.25) is 0 Å². The molecule has 33 heavy (non-hydrogen) atoms. The van der Waals surface area contributed by atoms with E-state index in [-0.39, 0.29) is 22.6 Å². The van der Waals surface area contributed by atoms with E-state index in [4.69, 9.17) is 9.47 Å². The highest BCUT2D eigenvalue weighted by Crippen LogP contribution is 2.32. The smallest absolute Gasteiger partial charge is 0.247 e. The second kappa shape index (κ2) is 10.9. The van der Waals surface area contributed by atoms with Crippen molar-refractivity contribution in [1.29, 1.82) is 0 Å². The standard InChI is InChI=1S/C25H32N2O5S/c1-26(2)33(29,30)24-18-19(9-15-23(24)32-4)10-16-25(28)27-17-7-5-6-8-22(27)20-11-13-21(31-3)14-12-20/h9-16,18,22H,5-8,17H2,1-4H3/b16-10+/t22-/m1/s1. The minimum absolute atomic E-state index is 0.00361. The molecule has 7 nitrogen and oxygen atoms in total. The van der Waals surface area contributed by atoms with E-state index in [1.807, 2.05) is 29.2 Å². The molecule has 0 saturated carbocycles. The van der Waals surface area contributed by atoms with Crippen LogP contribution in [0.1, 0.15) is 42.9 Å². The summed E-state index contributed by atoms with van der Waals surface area (Å²) in [5.74, 6) is 0.956. The lowest BCUT2D eigenvalue weighted by atomic mass is 10.0. The molecule has 1 heterocycles. The Morgan fingerprint density at radius 1 is 1.03 bits per heavy atom. The number of hydrogen-bond donors (Lipinski definition) is 0. The van der Waals surface area contributed by atoms with Crippen molar-refractivity contribution in [3.8, 4) is 11.5 Å². The van der Waals surface area contributed by atoms with Crippen LogP contribution in [0.3, 0.4) is 0 Å². The van der Waals surface area contributed by atoms with Crippen molar-refractivity contribution < 1.29 is 22.7 Å². The number of hydrogen-bond acceptors (Lipinski definition) is 5. The quantitative estimate of drug-likeness (QED) is 0.567. The second-order valence-electron chi connectivity index (χ2n) is 8.20. The fourth-order valence-corrected chi connectivity index (χ4v) is 5.09. The van der Waals surface area contributed by atoms with Crippen LogP contribution in [0.5, 0.6) is 11.5 Å². The number of benzene rings is 2. The third-order valence-corrected chi connectivity index (χ3v) is 7.74. The highest BCUT2D eigenvalue weighted by atomic mass is 32.2. The van der Waals surface area contributed by atoms with Crippen molar-refractivity contribution in [3.05, 3.63) is 59.7 Å². The zero-order valence-electron chi connectivity index (χ0n) is 19.7. The maximum Gasteiger partial charge on any atom is 0.247 e. The number of carbonyl (C=O) groups is 1. The van der Waals surface area contributed by atoms with Gasteiger partial charge in [0.05, 0.1) is 20.3 Å². The number of sulfonamides is 1. The SMILES string of the molecule is COc1ccc([C@H]2CCCCCN2C(=O)/C=C/c2ccc(OC)c(S(=O)(=O)N(C)C)c2)cc1. The average molecular weight is 473 g/mol. The van der Waals surface area contributed by atoms with Gasteiger partial charge in [-0.1, -0.05) is 31.0 Å². The van der Waals surface area contributed by atoms with Gasteiger partial charge in [-0.25, -0.2) is 12.7 Å². The Kier molecular flexibility index (Phi) is 8.15. The van der Waals surface area contributed by atoms with Gasteiger partial charge in [-0.15, -0.1) is 0 Å². The highest BCUT2D eigenvalue weighted by Gasteiger charge is 2.26. The Morgan fingerprint density at radius 2 is 1.76 bits per heavy atom. The first-order chi connectivity index (χ1) is 15.8. The maximum atomic E-state index is 13.2. The predicted octanol–water partition coefficient (Wildman–Crippen LogP) is 4.11. The monoisotopic (exact) mass is 472 g/mol. The lowest BCUT2D eigenvalue weighted by molar-refractivity contribution is -0.128. The first kappa shape index (κ1) is 24.8. The second-order valence-corrected chi connectivity index (χ2v) is 10.3. The van der Waals surface area contributed by atoms with Crippen LogP contribution in [0.4, 0.5) is 0 Å². The molecule has 1 fully saturated rings. The summed E-state index contributed by atoms with van der Waals surface area (Å²) in [6, 6.07) is 12.7. The largest absolute Gasteiger partial charge is 0.497 e. The van der Waals surface area contributed by atoms with Crippen LogP contribution in [0.15, 0.2) is 53.4 Å². The van der Waals surface area contributed by atoms with Gasteiger partial charge in [-0.05, 0) is 54.3 Å². The summed E-state index contributed by atoms with van der Waals surface area (Å²) in [5, 5.41) is 0. The van der Waals surface area contributed by atoms with Crippen LogP contribution in [-0.4, -0.2) is 58.4 Å². The summed E-state index contributed by atoms with van der Waals surface area (Å²) in [5.41, 5.74) is 1.70. The lowest BCUT2D eigenvalue weighted by Gasteiger charge is -2.29. The molecule has 2 aromatic rings. The number of methoxy groups -OCH3 is 2. The van der Waals surface area contributed by atoms with E-state index in [0.717, 1.165) is 41.3 Å². The molecule has 1 saturated heterocycles. The molecular weight excluding hydrogens is 440 g/mol. The van der Waals surface area contributed by atoms with Crippen molar-refractivity contribution in [2.75, 3.05) is 34.9 Å². The van der Waals surface area contributed by atoms with E-state index in [1.54, 1.807) is 25.3 Å². The molecule has 0 spiro atoms.